The van der Waals surface area contributed by atoms with E-state index in [-0.39, 0.29) is 42.8 Å². The highest BCUT2D eigenvalue weighted by atomic mass is 31.1. The monoisotopic (exact) mass is 567 g/mol. The largest absolute Gasteiger partial charge is 0.459 e. The topological polar surface area (TPSA) is 58.6 Å². The highest BCUT2D eigenvalue weighted by Gasteiger charge is 2.55. The molecule has 0 aromatic heterocycles. The van der Waals surface area contributed by atoms with Gasteiger partial charge in [-0.15, -0.1) is 0 Å². The van der Waals surface area contributed by atoms with E-state index in [9.17, 15) is 14.0 Å². The maximum atomic E-state index is 14.4. The molecule has 1 spiro atoms. The van der Waals surface area contributed by atoms with Crippen LogP contribution in [0, 0.1) is 11.2 Å². The van der Waals surface area contributed by atoms with Gasteiger partial charge in [-0.2, -0.15) is 0 Å². The van der Waals surface area contributed by atoms with Crippen LogP contribution in [0.25, 0.3) is 0 Å². The van der Waals surface area contributed by atoms with Crippen LogP contribution in [-0.4, -0.2) is 47.2 Å². The number of nitrogens with zero attached hydrogens (tertiary/aromatic N) is 1. The first-order chi connectivity index (χ1) is 18.8. The molecule has 0 bridgehead atoms. The third kappa shape index (κ3) is 6.83. The van der Waals surface area contributed by atoms with E-state index in [1.165, 1.54) is 12.1 Å². The highest BCUT2D eigenvalue weighted by Crippen LogP contribution is 2.49. The van der Waals surface area contributed by atoms with Gasteiger partial charge in [-0.3, -0.25) is 10.1 Å². The first-order valence-electron chi connectivity index (χ1n) is 14.5. The van der Waals surface area contributed by atoms with Crippen molar-refractivity contribution >= 4 is 25.7 Å². The second kappa shape index (κ2) is 12.1. The fourth-order valence-electron chi connectivity index (χ4n) is 6.13. The Kier molecular flexibility index (Phi) is 9.21. The van der Waals surface area contributed by atoms with E-state index in [2.05, 4.69) is 44.0 Å². The molecule has 2 aliphatic rings. The SMILES string of the molecule is C=[P+](C)C1CCC2(CC1)NC(c1ccc(F)cc1)C(=O)N2C(CCC(C)(C)C)c1ccc(C(=O)OC(C)C)cc1. The molecule has 1 amide bonds. The molecule has 1 saturated carbocycles. The van der Waals surface area contributed by atoms with E-state index in [0.717, 1.165) is 49.7 Å². The summed E-state index contributed by atoms with van der Waals surface area (Å²) in [6.07, 6.45) is 9.63. The molecule has 4 rings (SSSR count). The van der Waals surface area contributed by atoms with Gasteiger partial charge in [-0.05, 0) is 93.2 Å². The number of amides is 1. The molecule has 1 aliphatic heterocycles. The van der Waals surface area contributed by atoms with Crippen LogP contribution in [0.2, 0.25) is 0 Å². The van der Waals surface area contributed by atoms with Crippen LogP contribution in [0.1, 0.15) is 107 Å². The molecule has 3 atom stereocenters. The molecule has 216 valence electrons. The van der Waals surface area contributed by atoms with Crippen molar-refractivity contribution in [2.24, 2.45) is 5.41 Å². The fourth-order valence-corrected chi connectivity index (χ4v) is 7.27. The molecule has 3 unspecified atom stereocenters. The van der Waals surface area contributed by atoms with Gasteiger partial charge in [-0.25, -0.2) is 9.18 Å². The molecule has 7 heteroatoms. The average molecular weight is 568 g/mol. The van der Waals surface area contributed by atoms with Crippen molar-refractivity contribution in [1.82, 2.24) is 10.2 Å². The lowest BCUT2D eigenvalue weighted by molar-refractivity contribution is -0.137. The third-order valence-electron chi connectivity index (χ3n) is 8.32. The van der Waals surface area contributed by atoms with Gasteiger partial charge in [0, 0.05) is 0 Å². The van der Waals surface area contributed by atoms with E-state index < -0.39 is 11.7 Å². The van der Waals surface area contributed by atoms with Crippen LogP contribution < -0.4 is 5.32 Å². The van der Waals surface area contributed by atoms with Crippen molar-refractivity contribution in [3.63, 3.8) is 0 Å². The standard InChI is InChI=1S/C33H45FN2O3P/c1-22(2)39-31(38)25-10-8-23(9-11-25)28(18-19-32(3,4)5)36-30(37)29(24-12-14-26(34)15-13-24)35-33(36)20-16-27(17-21-33)40(6)7/h8-15,22,27-29,35H,6,16-21H2,1-5,7H3/q+1. The molecule has 2 aromatic carbocycles. The minimum absolute atomic E-state index is 0.0284. The Hall–Kier alpha value is -2.56. The summed E-state index contributed by atoms with van der Waals surface area (Å²) in [7, 11) is -0.298. The van der Waals surface area contributed by atoms with Gasteiger partial charge in [-0.1, -0.05) is 45.0 Å². The van der Waals surface area contributed by atoms with Crippen LogP contribution >= 0.6 is 7.55 Å². The summed E-state index contributed by atoms with van der Waals surface area (Å²) in [5.41, 5.74) is 2.48. The minimum Gasteiger partial charge on any atom is -0.459 e. The number of esters is 1. The molecular formula is C33H45FN2O3P+. The van der Waals surface area contributed by atoms with Crippen LogP contribution in [0.4, 0.5) is 4.39 Å². The first-order valence-corrected chi connectivity index (χ1v) is 16.5. The number of halogens is 1. The van der Waals surface area contributed by atoms with Crippen LogP contribution in [0.3, 0.4) is 0 Å². The summed E-state index contributed by atoms with van der Waals surface area (Å²) in [6.45, 7) is 12.6. The van der Waals surface area contributed by atoms with Gasteiger partial charge < -0.3 is 9.64 Å². The maximum absolute atomic E-state index is 14.4. The zero-order valence-electron chi connectivity index (χ0n) is 24.9. The predicted octanol–water partition coefficient (Wildman–Crippen LogP) is 7.61. The molecule has 1 N–H and O–H groups in total. The molecule has 40 heavy (non-hydrogen) atoms. The van der Waals surface area contributed by atoms with Crippen molar-refractivity contribution in [3.05, 3.63) is 71.0 Å². The lowest BCUT2D eigenvalue weighted by Gasteiger charge is -2.46. The quantitative estimate of drug-likeness (QED) is 0.263. The van der Waals surface area contributed by atoms with Gasteiger partial charge in [0.05, 0.1) is 43.9 Å². The minimum atomic E-state index is -0.530. The van der Waals surface area contributed by atoms with Gasteiger partial charge >= 0.3 is 5.97 Å². The molecule has 0 radical (unpaired) electrons. The van der Waals surface area contributed by atoms with Gasteiger partial charge in [0.25, 0.3) is 0 Å². The van der Waals surface area contributed by atoms with E-state index >= 15 is 0 Å². The number of carbonyl (C=O) groups is 2. The molecule has 2 aromatic rings. The molecular weight excluding hydrogens is 522 g/mol. The van der Waals surface area contributed by atoms with E-state index in [0.29, 0.717) is 11.2 Å². The Morgan fingerprint density at radius 3 is 2.25 bits per heavy atom. The fraction of sp³-hybridized carbons (Fsp3) is 0.545. The zero-order chi connectivity index (χ0) is 29.2. The van der Waals surface area contributed by atoms with Crippen molar-refractivity contribution in [1.29, 1.82) is 0 Å². The van der Waals surface area contributed by atoms with E-state index in [1.807, 2.05) is 38.1 Å². The smallest absolute Gasteiger partial charge is 0.338 e. The maximum Gasteiger partial charge on any atom is 0.338 e. The summed E-state index contributed by atoms with van der Waals surface area (Å²) in [5, 5.41) is 3.77. The van der Waals surface area contributed by atoms with Gasteiger partial charge in [0.2, 0.25) is 5.91 Å². The number of rotatable bonds is 8. The van der Waals surface area contributed by atoms with Crippen molar-refractivity contribution in [2.75, 3.05) is 6.66 Å². The molecule has 1 aliphatic carbocycles. The van der Waals surface area contributed by atoms with E-state index in [4.69, 9.17) is 4.74 Å². The van der Waals surface area contributed by atoms with Gasteiger partial charge in [0.15, 0.2) is 0 Å². The number of ether oxygens (including phenoxy) is 1. The Morgan fingerprint density at radius 2 is 1.73 bits per heavy atom. The number of hydrogen-bond donors (Lipinski definition) is 1. The Labute approximate surface area is 240 Å². The number of nitrogens with one attached hydrogen (secondary N) is 1. The number of hydrogen-bond acceptors (Lipinski definition) is 4. The van der Waals surface area contributed by atoms with Crippen molar-refractivity contribution < 1.29 is 18.7 Å². The Morgan fingerprint density at radius 1 is 1.12 bits per heavy atom. The molecule has 5 nitrogen and oxygen atoms in total. The summed E-state index contributed by atoms with van der Waals surface area (Å²) < 4.78 is 19.2. The first kappa shape index (κ1) is 30.4. The summed E-state index contributed by atoms with van der Waals surface area (Å²) in [4.78, 5) is 29.0. The third-order valence-corrected chi connectivity index (χ3v) is 10.1. The summed E-state index contributed by atoms with van der Waals surface area (Å²) >= 11 is 0. The second-order valence-electron chi connectivity index (χ2n) is 13.0. The van der Waals surface area contributed by atoms with Crippen LogP contribution in [0.5, 0.6) is 0 Å². The van der Waals surface area contributed by atoms with Crippen LogP contribution in [0.15, 0.2) is 48.5 Å². The van der Waals surface area contributed by atoms with E-state index in [1.54, 1.807) is 12.1 Å². The van der Waals surface area contributed by atoms with Crippen molar-refractivity contribution in [2.45, 2.75) is 103 Å². The number of carbonyl (C=O) groups excluding carboxylic acids is 2. The lowest BCUT2D eigenvalue weighted by atomic mass is 9.83. The Bertz CT molecular complexity index is 1210. The summed E-state index contributed by atoms with van der Waals surface area (Å²) in [6, 6.07) is 13.2. The normalized spacial score (nSPS) is 24.4. The number of benzene rings is 2. The van der Waals surface area contributed by atoms with Crippen molar-refractivity contribution in [3.8, 4) is 0 Å². The highest BCUT2D eigenvalue weighted by molar-refractivity contribution is 7.55. The lowest BCUT2D eigenvalue weighted by Crippen LogP contribution is -2.56. The van der Waals surface area contributed by atoms with Gasteiger partial charge in [0.1, 0.15) is 17.5 Å². The molecule has 1 saturated heterocycles. The predicted molar refractivity (Wildman–Crippen MR) is 162 cm³/mol. The molecule has 1 heterocycles. The second-order valence-corrected chi connectivity index (χ2v) is 15.3. The van der Waals surface area contributed by atoms with Crippen LogP contribution in [-0.2, 0) is 9.53 Å². The zero-order valence-corrected chi connectivity index (χ0v) is 25.8. The average Bonchev–Trinajstić information content (AvgIpc) is 3.15. The molecule has 2 fully saturated rings. The Balaban J connectivity index is 1.74. The summed E-state index contributed by atoms with van der Waals surface area (Å²) in [5.74, 6) is -0.630.